The average Bonchev–Trinajstić information content (AvgIpc) is 3.18. The third-order valence-electron chi connectivity index (χ3n) is 4.05. The van der Waals surface area contributed by atoms with Crippen molar-refractivity contribution in [3.8, 4) is 16.3 Å². The first-order valence-electron chi connectivity index (χ1n) is 8.36. The molecule has 2 aromatic carbocycles. The number of ether oxygens (including phenoxy) is 1. The van der Waals surface area contributed by atoms with Crippen molar-refractivity contribution >= 4 is 17.2 Å². The molecule has 4 nitrogen and oxygen atoms in total. The van der Waals surface area contributed by atoms with Gasteiger partial charge in [0, 0.05) is 30.1 Å². The first-order chi connectivity index (χ1) is 13.0. The van der Waals surface area contributed by atoms with Crippen molar-refractivity contribution in [1.82, 2.24) is 9.88 Å². The van der Waals surface area contributed by atoms with Gasteiger partial charge in [-0.3, -0.25) is 4.79 Å². The molecule has 0 unspecified atom stereocenters. The summed E-state index contributed by atoms with van der Waals surface area (Å²) in [5.74, 6) is -0.601. The molecule has 1 heterocycles. The number of hydrogen-bond acceptors (Lipinski definition) is 4. The van der Waals surface area contributed by atoms with Gasteiger partial charge in [0.25, 0.3) is 5.91 Å². The number of amides is 1. The molecular weight excluding hydrogens is 370 g/mol. The van der Waals surface area contributed by atoms with Gasteiger partial charge in [-0.15, -0.1) is 11.3 Å². The van der Waals surface area contributed by atoms with Crippen LogP contribution in [0.15, 0.2) is 47.8 Å². The molecule has 0 atom stereocenters. The molecule has 140 valence electrons. The summed E-state index contributed by atoms with van der Waals surface area (Å²) < 4.78 is 32.3. The van der Waals surface area contributed by atoms with Crippen LogP contribution in [0.25, 0.3) is 10.6 Å². The van der Waals surface area contributed by atoms with Crippen LogP contribution in [0.2, 0.25) is 0 Å². The Balaban J connectivity index is 1.68. The Morgan fingerprint density at radius 2 is 1.93 bits per heavy atom. The second-order valence-corrected chi connectivity index (χ2v) is 6.76. The largest absolute Gasteiger partial charge is 0.489 e. The summed E-state index contributed by atoms with van der Waals surface area (Å²) in [7, 11) is 1.73. The van der Waals surface area contributed by atoms with E-state index in [1.165, 1.54) is 11.3 Å². The van der Waals surface area contributed by atoms with Gasteiger partial charge in [-0.1, -0.05) is 0 Å². The highest BCUT2D eigenvalue weighted by molar-refractivity contribution is 7.13. The molecule has 7 heteroatoms. The Hall–Kier alpha value is -2.80. The minimum Gasteiger partial charge on any atom is -0.489 e. The maximum absolute atomic E-state index is 13.6. The van der Waals surface area contributed by atoms with Gasteiger partial charge in [0.1, 0.15) is 34.7 Å². The quantitative estimate of drug-likeness (QED) is 0.611. The zero-order chi connectivity index (χ0) is 19.4. The summed E-state index contributed by atoms with van der Waals surface area (Å²) >= 11 is 1.39. The highest BCUT2D eigenvalue weighted by Crippen LogP contribution is 2.26. The molecule has 1 aromatic heterocycles. The molecule has 0 aliphatic heterocycles. The van der Waals surface area contributed by atoms with Gasteiger partial charge in [0.15, 0.2) is 0 Å². The molecule has 0 spiro atoms. The summed E-state index contributed by atoms with van der Waals surface area (Å²) in [4.78, 5) is 18.1. The molecule has 0 saturated carbocycles. The molecule has 0 aliphatic carbocycles. The Morgan fingerprint density at radius 1 is 1.19 bits per heavy atom. The molecule has 27 heavy (non-hydrogen) atoms. The number of benzene rings is 2. The highest BCUT2D eigenvalue weighted by Gasteiger charge is 2.15. The lowest BCUT2D eigenvalue weighted by Crippen LogP contribution is -2.26. The Morgan fingerprint density at radius 3 is 2.63 bits per heavy atom. The van der Waals surface area contributed by atoms with Crippen LogP contribution in [-0.2, 0) is 6.61 Å². The lowest BCUT2D eigenvalue weighted by molar-refractivity contribution is 0.0797. The predicted molar refractivity (Wildman–Crippen MR) is 101 cm³/mol. The van der Waals surface area contributed by atoms with E-state index in [-0.39, 0.29) is 18.1 Å². The Bertz CT molecular complexity index is 941. The molecule has 0 aliphatic rings. The van der Waals surface area contributed by atoms with Gasteiger partial charge >= 0.3 is 0 Å². The van der Waals surface area contributed by atoms with Crippen molar-refractivity contribution in [2.24, 2.45) is 0 Å². The molecule has 3 rings (SSSR count). The maximum Gasteiger partial charge on any atom is 0.273 e. The van der Waals surface area contributed by atoms with Crippen molar-refractivity contribution in [3.63, 3.8) is 0 Å². The van der Waals surface area contributed by atoms with Gasteiger partial charge < -0.3 is 9.64 Å². The number of aromatic nitrogens is 1. The topological polar surface area (TPSA) is 42.4 Å². The normalized spacial score (nSPS) is 10.7. The van der Waals surface area contributed by atoms with E-state index >= 15 is 0 Å². The van der Waals surface area contributed by atoms with Crippen LogP contribution in [-0.4, -0.2) is 29.4 Å². The molecule has 0 fully saturated rings. The second kappa shape index (κ2) is 8.26. The van der Waals surface area contributed by atoms with E-state index in [0.717, 1.165) is 28.8 Å². The third-order valence-corrected chi connectivity index (χ3v) is 4.94. The van der Waals surface area contributed by atoms with E-state index in [1.807, 2.05) is 19.1 Å². The SMILES string of the molecule is CCN(C)C(=O)c1csc(-c2ccc(OCc3cc(F)ccc3F)cc2)n1. The fraction of sp³-hybridized carbons (Fsp3) is 0.200. The van der Waals surface area contributed by atoms with E-state index in [1.54, 1.807) is 29.5 Å². The van der Waals surface area contributed by atoms with Crippen molar-refractivity contribution < 1.29 is 18.3 Å². The minimum atomic E-state index is -0.509. The van der Waals surface area contributed by atoms with Crippen LogP contribution in [0.1, 0.15) is 23.0 Å². The monoisotopic (exact) mass is 388 g/mol. The van der Waals surface area contributed by atoms with Crippen molar-refractivity contribution in [3.05, 3.63) is 70.7 Å². The number of hydrogen-bond donors (Lipinski definition) is 0. The standard InChI is InChI=1S/C20H18F2N2O2S/c1-3-24(2)20(25)18-12-27-19(23-18)13-4-7-16(8-5-13)26-11-14-10-15(21)6-9-17(14)22/h4-10,12H,3,11H2,1-2H3. The number of thiazole rings is 1. The summed E-state index contributed by atoms with van der Waals surface area (Å²) in [5, 5.41) is 2.46. The fourth-order valence-corrected chi connectivity index (χ4v) is 3.15. The number of carbonyl (C=O) groups is 1. The van der Waals surface area contributed by atoms with Crippen molar-refractivity contribution in [1.29, 1.82) is 0 Å². The molecule has 0 saturated heterocycles. The summed E-state index contributed by atoms with van der Waals surface area (Å²) in [6.07, 6.45) is 0. The smallest absolute Gasteiger partial charge is 0.273 e. The molecule has 3 aromatic rings. The van der Waals surface area contributed by atoms with Crippen LogP contribution >= 0.6 is 11.3 Å². The molecule has 1 amide bonds. The van der Waals surface area contributed by atoms with Crippen LogP contribution in [0.5, 0.6) is 5.75 Å². The lowest BCUT2D eigenvalue weighted by atomic mass is 10.2. The van der Waals surface area contributed by atoms with E-state index < -0.39 is 11.6 Å². The maximum atomic E-state index is 13.6. The Kier molecular flexibility index (Phi) is 5.81. The Labute approximate surface area is 160 Å². The van der Waals surface area contributed by atoms with Gasteiger partial charge in [-0.2, -0.15) is 0 Å². The van der Waals surface area contributed by atoms with Crippen LogP contribution in [0, 0.1) is 11.6 Å². The van der Waals surface area contributed by atoms with Crippen LogP contribution in [0.3, 0.4) is 0 Å². The summed E-state index contributed by atoms with van der Waals surface area (Å²) in [6.45, 7) is 2.45. The molecule has 0 N–H and O–H groups in total. The van der Waals surface area contributed by atoms with E-state index in [4.69, 9.17) is 4.74 Å². The fourth-order valence-electron chi connectivity index (χ4n) is 2.35. The minimum absolute atomic E-state index is 0.0673. The van der Waals surface area contributed by atoms with E-state index in [2.05, 4.69) is 4.98 Å². The van der Waals surface area contributed by atoms with Gasteiger partial charge in [0.2, 0.25) is 0 Å². The lowest BCUT2D eigenvalue weighted by Gasteiger charge is -2.11. The zero-order valence-corrected chi connectivity index (χ0v) is 15.7. The van der Waals surface area contributed by atoms with Gasteiger partial charge in [-0.05, 0) is 49.4 Å². The first-order valence-corrected chi connectivity index (χ1v) is 9.24. The van der Waals surface area contributed by atoms with Gasteiger partial charge in [-0.25, -0.2) is 13.8 Å². The average molecular weight is 388 g/mol. The number of nitrogens with zero attached hydrogens (tertiary/aromatic N) is 2. The molecule has 0 bridgehead atoms. The van der Waals surface area contributed by atoms with Crippen LogP contribution < -0.4 is 4.74 Å². The van der Waals surface area contributed by atoms with Crippen molar-refractivity contribution in [2.75, 3.05) is 13.6 Å². The second-order valence-electron chi connectivity index (χ2n) is 5.91. The van der Waals surface area contributed by atoms with Crippen molar-refractivity contribution in [2.45, 2.75) is 13.5 Å². The number of carbonyl (C=O) groups excluding carboxylic acids is 1. The van der Waals surface area contributed by atoms with E-state index in [9.17, 15) is 13.6 Å². The van der Waals surface area contributed by atoms with Gasteiger partial charge in [0.05, 0.1) is 0 Å². The highest BCUT2D eigenvalue weighted by atomic mass is 32.1. The van der Waals surface area contributed by atoms with Crippen LogP contribution in [0.4, 0.5) is 8.78 Å². The predicted octanol–water partition coefficient (Wildman–Crippen LogP) is 4.76. The zero-order valence-electron chi connectivity index (χ0n) is 14.9. The molecular formula is C20H18F2N2O2S. The van der Waals surface area contributed by atoms with E-state index in [0.29, 0.717) is 18.0 Å². The summed E-state index contributed by atoms with van der Waals surface area (Å²) in [6, 6.07) is 10.3. The number of halogens is 2. The number of rotatable bonds is 6. The molecule has 0 radical (unpaired) electrons. The first kappa shape index (κ1) is 19.0. The summed E-state index contributed by atoms with van der Waals surface area (Å²) in [5.41, 5.74) is 1.42. The third kappa shape index (κ3) is 4.49.